The summed E-state index contributed by atoms with van der Waals surface area (Å²) in [6.07, 6.45) is 0. The first-order valence-corrected chi connectivity index (χ1v) is 6.41. The molecule has 0 fully saturated rings. The highest BCUT2D eigenvalue weighted by Gasteiger charge is 2.11. The van der Waals surface area contributed by atoms with E-state index in [9.17, 15) is 0 Å². The van der Waals surface area contributed by atoms with Crippen molar-refractivity contribution in [2.75, 3.05) is 0 Å². The number of nitrogens with one attached hydrogen (secondary N) is 1. The highest BCUT2D eigenvalue weighted by atomic mass is 35.5. The van der Waals surface area contributed by atoms with Gasteiger partial charge in [0.25, 0.3) is 0 Å². The molecule has 3 rings (SSSR count). The molecule has 0 bridgehead atoms. The summed E-state index contributed by atoms with van der Waals surface area (Å²) in [5.41, 5.74) is 0. The van der Waals surface area contributed by atoms with Crippen molar-refractivity contribution in [3.63, 3.8) is 0 Å². The molecule has 0 spiro atoms. The van der Waals surface area contributed by atoms with E-state index < -0.39 is 0 Å². The van der Waals surface area contributed by atoms with Crippen LogP contribution in [0.2, 0.25) is 5.15 Å². The Balaban J connectivity index is 2.09. The van der Waals surface area contributed by atoms with E-state index >= 15 is 0 Å². The van der Waals surface area contributed by atoms with Crippen molar-refractivity contribution in [2.24, 2.45) is 0 Å². The number of aryl methyl sites for hydroxylation is 1. The Hall–Kier alpha value is -1.66. The Morgan fingerprint density at radius 3 is 2.67 bits per heavy atom. The highest BCUT2D eigenvalue weighted by molar-refractivity contribution is 7.99. The van der Waals surface area contributed by atoms with Crippen molar-refractivity contribution in [3.05, 3.63) is 35.2 Å². The third-order valence-electron chi connectivity index (χ3n) is 2.37. The van der Waals surface area contributed by atoms with Gasteiger partial charge in [-0.15, -0.1) is 15.3 Å². The summed E-state index contributed by atoms with van der Waals surface area (Å²) in [6, 6.07) is 7.73. The Kier molecular flexibility index (Phi) is 2.89. The molecule has 0 aliphatic rings. The fraction of sp³-hybridized carbons (Fsp3) is 0.0909. The lowest BCUT2D eigenvalue weighted by Gasteiger charge is -2.02. The number of hydrogen-bond donors (Lipinski definition) is 1. The molecule has 7 heteroatoms. The van der Waals surface area contributed by atoms with E-state index in [1.54, 1.807) is 0 Å². The molecule has 0 saturated carbocycles. The lowest BCUT2D eigenvalue weighted by molar-refractivity contribution is 0.935. The van der Waals surface area contributed by atoms with Gasteiger partial charge in [-0.25, -0.2) is 4.98 Å². The molecule has 0 unspecified atom stereocenters. The molecule has 18 heavy (non-hydrogen) atoms. The molecule has 0 aliphatic carbocycles. The number of aromatic nitrogens is 5. The van der Waals surface area contributed by atoms with Crippen LogP contribution in [0.3, 0.4) is 0 Å². The molecule has 0 atom stereocenters. The van der Waals surface area contributed by atoms with Gasteiger partial charge in [0.1, 0.15) is 10.9 Å². The highest BCUT2D eigenvalue weighted by Crippen LogP contribution is 2.31. The quantitative estimate of drug-likeness (QED) is 0.780. The van der Waals surface area contributed by atoms with Gasteiger partial charge in [-0.1, -0.05) is 35.9 Å². The van der Waals surface area contributed by atoms with Crippen molar-refractivity contribution in [2.45, 2.75) is 17.1 Å². The molecule has 2 heterocycles. The minimum atomic E-state index is 0.404. The standard InChI is InChI=1S/C11H8ClN5S/c1-6-13-11(17-14-6)18-10-8-5-3-2-4-7(8)9(12)15-16-10/h2-5H,1H3,(H,13,14,17). The van der Waals surface area contributed by atoms with E-state index in [1.807, 2.05) is 31.2 Å². The number of halogens is 1. The van der Waals surface area contributed by atoms with Crippen molar-refractivity contribution in [3.8, 4) is 0 Å². The Bertz CT molecular complexity index is 711. The van der Waals surface area contributed by atoms with Crippen molar-refractivity contribution >= 4 is 34.1 Å². The molecular formula is C11H8ClN5S. The average molecular weight is 278 g/mol. The molecule has 1 N–H and O–H groups in total. The predicted molar refractivity (Wildman–Crippen MR) is 69.8 cm³/mol. The van der Waals surface area contributed by atoms with Crippen molar-refractivity contribution in [1.82, 2.24) is 25.4 Å². The van der Waals surface area contributed by atoms with Crippen LogP contribution in [-0.2, 0) is 0 Å². The number of aromatic amines is 1. The normalized spacial score (nSPS) is 11.0. The van der Waals surface area contributed by atoms with Crippen LogP contribution in [0.15, 0.2) is 34.4 Å². The Morgan fingerprint density at radius 1 is 1.17 bits per heavy atom. The van der Waals surface area contributed by atoms with E-state index in [1.165, 1.54) is 11.8 Å². The van der Waals surface area contributed by atoms with Gasteiger partial charge in [0.05, 0.1) is 0 Å². The third-order valence-corrected chi connectivity index (χ3v) is 3.51. The van der Waals surface area contributed by atoms with E-state index in [4.69, 9.17) is 11.6 Å². The number of H-pyrrole nitrogens is 1. The van der Waals surface area contributed by atoms with Gasteiger partial charge in [-0.3, -0.25) is 5.10 Å². The summed E-state index contributed by atoms with van der Waals surface area (Å²) in [5.74, 6) is 0.767. The topological polar surface area (TPSA) is 67.3 Å². The number of benzene rings is 1. The summed E-state index contributed by atoms with van der Waals surface area (Å²) >= 11 is 7.38. The van der Waals surface area contributed by atoms with Gasteiger partial charge in [0.2, 0.25) is 5.16 Å². The maximum atomic E-state index is 6.02. The van der Waals surface area contributed by atoms with Gasteiger partial charge in [-0.05, 0) is 18.7 Å². The largest absolute Gasteiger partial charge is 0.262 e. The summed E-state index contributed by atoms with van der Waals surface area (Å²) in [7, 11) is 0. The van der Waals surface area contributed by atoms with E-state index in [-0.39, 0.29) is 0 Å². The van der Waals surface area contributed by atoms with E-state index in [2.05, 4.69) is 25.4 Å². The molecule has 90 valence electrons. The molecule has 0 saturated heterocycles. The molecule has 5 nitrogen and oxygen atoms in total. The van der Waals surface area contributed by atoms with Gasteiger partial charge in [-0.2, -0.15) is 0 Å². The third kappa shape index (κ3) is 2.04. The van der Waals surface area contributed by atoms with Crippen LogP contribution in [0, 0.1) is 6.92 Å². The predicted octanol–water partition coefficient (Wildman–Crippen LogP) is 2.86. The number of nitrogens with zero attached hydrogens (tertiary/aromatic N) is 4. The zero-order valence-electron chi connectivity index (χ0n) is 9.38. The molecule has 1 aromatic carbocycles. The Morgan fingerprint density at radius 2 is 1.94 bits per heavy atom. The first-order valence-electron chi connectivity index (χ1n) is 5.22. The molecular weight excluding hydrogens is 270 g/mol. The summed E-state index contributed by atoms with van der Waals surface area (Å²) in [5, 5.41) is 18.5. The van der Waals surface area contributed by atoms with E-state index in [0.717, 1.165) is 21.6 Å². The zero-order chi connectivity index (χ0) is 12.5. The van der Waals surface area contributed by atoms with Gasteiger partial charge in [0, 0.05) is 10.8 Å². The second-order valence-corrected chi connectivity index (χ2v) is 4.96. The van der Waals surface area contributed by atoms with Gasteiger partial charge >= 0.3 is 0 Å². The van der Waals surface area contributed by atoms with Gasteiger partial charge < -0.3 is 0 Å². The van der Waals surface area contributed by atoms with Crippen LogP contribution >= 0.6 is 23.4 Å². The maximum absolute atomic E-state index is 6.02. The maximum Gasteiger partial charge on any atom is 0.214 e. The van der Waals surface area contributed by atoms with Crippen LogP contribution in [0.25, 0.3) is 10.8 Å². The number of rotatable bonds is 2. The molecule has 0 amide bonds. The SMILES string of the molecule is Cc1nc(Sc2nnc(Cl)c3ccccc23)n[nH]1. The second-order valence-electron chi connectivity index (χ2n) is 3.65. The number of fused-ring (bicyclic) bond motifs is 1. The lowest BCUT2D eigenvalue weighted by Crippen LogP contribution is -1.90. The first-order chi connectivity index (χ1) is 8.74. The van der Waals surface area contributed by atoms with Crippen LogP contribution in [-0.4, -0.2) is 25.4 Å². The summed E-state index contributed by atoms with van der Waals surface area (Å²) < 4.78 is 0. The second kappa shape index (κ2) is 4.55. The van der Waals surface area contributed by atoms with Crippen molar-refractivity contribution < 1.29 is 0 Å². The summed E-state index contributed by atoms with van der Waals surface area (Å²) in [6.45, 7) is 1.85. The van der Waals surface area contributed by atoms with Crippen LogP contribution < -0.4 is 0 Å². The minimum absolute atomic E-state index is 0.404. The molecule has 0 aliphatic heterocycles. The van der Waals surface area contributed by atoms with Gasteiger partial charge in [0.15, 0.2) is 5.15 Å². The lowest BCUT2D eigenvalue weighted by atomic mass is 10.2. The Labute approximate surface area is 112 Å². The van der Waals surface area contributed by atoms with Crippen LogP contribution in [0.4, 0.5) is 0 Å². The fourth-order valence-corrected chi connectivity index (χ4v) is 2.60. The number of hydrogen-bond acceptors (Lipinski definition) is 5. The van der Waals surface area contributed by atoms with E-state index in [0.29, 0.717) is 10.3 Å². The minimum Gasteiger partial charge on any atom is -0.262 e. The molecule has 3 aromatic rings. The smallest absolute Gasteiger partial charge is 0.214 e. The van der Waals surface area contributed by atoms with Crippen molar-refractivity contribution in [1.29, 1.82) is 0 Å². The van der Waals surface area contributed by atoms with Crippen LogP contribution in [0.5, 0.6) is 0 Å². The average Bonchev–Trinajstić information content (AvgIpc) is 2.79. The van der Waals surface area contributed by atoms with Crippen LogP contribution in [0.1, 0.15) is 5.82 Å². The zero-order valence-corrected chi connectivity index (χ0v) is 11.0. The first kappa shape index (κ1) is 11.4. The molecule has 0 radical (unpaired) electrons. The molecule has 2 aromatic heterocycles. The summed E-state index contributed by atoms with van der Waals surface area (Å²) in [4.78, 5) is 4.23. The monoisotopic (exact) mass is 277 g/mol. The fourth-order valence-electron chi connectivity index (χ4n) is 1.58.